The summed E-state index contributed by atoms with van der Waals surface area (Å²) in [5.74, 6) is -0.855. The molecule has 1 aromatic heterocycles. The van der Waals surface area contributed by atoms with Crippen LogP contribution in [0, 0.1) is 5.95 Å². The Morgan fingerprint density at radius 3 is 1.97 bits per heavy atom. The number of alkyl carbamates (subject to hydrolysis) is 1. The molecule has 35 heavy (non-hydrogen) atoms. The van der Waals surface area contributed by atoms with Gasteiger partial charge in [-0.2, -0.15) is 17.6 Å². The van der Waals surface area contributed by atoms with Gasteiger partial charge in [0.25, 0.3) is 0 Å². The highest BCUT2D eigenvalue weighted by Gasteiger charge is 2.45. The molecule has 3 atom stereocenters. The van der Waals surface area contributed by atoms with Gasteiger partial charge in [0.15, 0.2) is 0 Å². The van der Waals surface area contributed by atoms with Gasteiger partial charge >= 0.3 is 12.3 Å². The third kappa shape index (κ3) is 7.23. The van der Waals surface area contributed by atoms with Crippen molar-refractivity contribution in [3.05, 3.63) is 65.2 Å². The maximum absolute atomic E-state index is 14.3. The first-order chi connectivity index (χ1) is 15.9. The predicted molar refractivity (Wildman–Crippen MR) is 126 cm³/mol. The van der Waals surface area contributed by atoms with E-state index in [-0.39, 0.29) is 11.1 Å². The van der Waals surface area contributed by atoms with E-state index in [4.69, 9.17) is 4.74 Å². The van der Waals surface area contributed by atoms with E-state index in [2.05, 4.69) is 15.0 Å². The average molecular weight is 518 g/mol. The number of halogens is 4. The van der Waals surface area contributed by atoms with Gasteiger partial charge in [-0.05, 0) is 83.9 Å². The van der Waals surface area contributed by atoms with Crippen LogP contribution in [0.5, 0.6) is 0 Å². The lowest BCUT2D eigenvalue weighted by molar-refractivity contribution is -0.137. The minimum atomic E-state index is -4.58. The molecule has 1 aromatic carbocycles. The molecule has 0 fully saturated rings. The predicted octanol–water partition coefficient (Wildman–Crippen LogP) is 5.45. The second-order valence-corrected chi connectivity index (χ2v) is 12.1. The Labute approximate surface area is 205 Å². The van der Waals surface area contributed by atoms with Crippen molar-refractivity contribution in [1.29, 1.82) is 0 Å². The lowest BCUT2D eigenvalue weighted by Gasteiger charge is -2.42. The fourth-order valence-electron chi connectivity index (χ4n) is 3.33. The van der Waals surface area contributed by atoms with Crippen molar-refractivity contribution in [2.75, 3.05) is 0 Å². The van der Waals surface area contributed by atoms with Crippen LogP contribution in [-0.2, 0) is 27.4 Å². The molecule has 0 aliphatic rings. The van der Waals surface area contributed by atoms with Crippen molar-refractivity contribution in [2.24, 2.45) is 0 Å². The van der Waals surface area contributed by atoms with E-state index in [9.17, 15) is 26.6 Å². The molecule has 0 spiro atoms. The number of ether oxygens (including phenoxy) is 1. The normalized spacial score (nSPS) is 16.2. The van der Waals surface area contributed by atoms with Gasteiger partial charge in [0, 0.05) is 6.20 Å². The maximum atomic E-state index is 14.3. The second kappa shape index (κ2) is 10.2. The van der Waals surface area contributed by atoms with Gasteiger partial charge in [0.05, 0.1) is 27.3 Å². The monoisotopic (exact) mass is 517 g/mol. The van der Waals surface area contributed by atoms with Gasteiger partial charge in [-0.25, -0.2) is 18.7 Å². The highest BCUT2D eigenvalue weighted by molar-refractivity contribution is 7.84. The fraction of sp³-hybridized carbons (Fsp3) is 0.500. The van der Waals surface area contributed by atoms with Gasteiger partial charge < -0.3 is 10.1 Å². The Morgan fingerprint density at radius 1 is 0.971 bits per heavy atom. The molecule has 0 radical (unpaired) electrons. The Bertz CT molecular complexity index is 1060. The topological polar surface area (TPSA) is 80.3 Å². The number of aromatic nitrogens is 1. The van der Waals surface area contributed by atoms with Crippen LogP contribution in [-0.4, -0.2) is 31.7 Å². The second-order valence-electron chi connectivity index (χ2n) is 10.1. The van der Waals surface area contributed by atoms with Crippen molar-refractivity contribution in [2.45, 2.75) is 76.6 Å². The molecule has 2 rings (SSSR count). The first-order valence-electron chi connectivity index (χ1n) is 10.9. The molecule has 3 unspecified atom stereocenters. The third-order valence-electron chi connectivity index (χ3n) is 5.04. The first-order valence-corrected chi connectivity index (χ1v) is 12.0. The molecular weight excluding hydrogens is 486 g/mol. The Morgan fingerprint density at radius 2 is 1.51 bits per heavy atom. The minimum Gasteiger partial charge on any atom is -0.444 e. The van der Waals surface area contributed by atoms with Crippen molar-refractivity contribution < 1.29 is 31.3 Å². The smallest absolute Gasteiger partial charge is 0.416 e. The van der Waals surface area contributed by atoms with Crippen LogP contribution in [0.3, 0.4) is 0 Å². The summed E-state index contributed by atoms with van der Waals surface area (Å²) in [4.78, 5) is 16.2. The number of alkyl halides is 3. The van der Waals surface area contributed by atoms with Gasteiger partial charge in [-0.3, -0.25) is 0 Å². The number of nitrogens with zero attached hydrogens (tertiary/aromatic N) is 1. The largest absolute Gasteiger partial charge is 0.444 e. The van der Waals surface area contributed by atoms with E-state index >= 15 is 0 Å². The van der Waals surface area contributed by atoms with Crippen molar-refractivity contribution in [3.8, 4) is 0 Å². The van der Waals surface area contributed by atoms with E-state index < -0.39 is 56.7 Å². The van der Waals surface area contributed by atoms with Crippen LogP contribution in [0.25, 0.3) is 0 Å². The zero-order valence-electron chi connectivity index (χ0n) is 20.7. The summed E-state index contributed by atoms with van der Waals surface area (Å²) in [6.45, 7) is 11.7. The summed E-state index contributed by atoms with van der Waals surface area (Å²) in [6.07, 6.45) is -4.20. The fourth-order valence-corrected chi connectivity index (χ4v) is 4.35. The van der Waals surface area contributed by atoms with Crippen LogP contribution < -0.4 is 10.0 Å². The molecule has 11 heteroatoms. The van der Waals surface area contributed by atoms with Crippen LogP contribution in [0.4, 0.5) is 22.4 Å². The van der Waals surface area contributed by atoms with Crippen molar-refractivity contribution in [3.63, 3.8) is 0 Å². The summed E-state index contributed by atoms with van der Waals surface area (Å²) in [5, 5.41) is 2.67. The summed E-state index contributed by atoms with van der Waals surface area (Å²) in [5.41, 5.74) is -2.92. The molecule has 0 aliphatic carbocycles. The third-order valence-corrected chi connectivity index (χ3v) is 6.66. The SMILES string of the molecule is CC(NC(=O)OC(C)(C)C)C(NS(=O)C(C)(C)C)(c1ccc(C(F)(F)F)cc1)c1ccnc(F)c1. The number of hydrogen-bond donors (Lipinski definition) is 2. The van der Waals surface area contributed by atoms with E-state index in [1.54, 1.807) is 48.5 Å². The molecule has 2 aromatic rings. The molecule has 0 aliphatic heterocycles. The van der Waals surface area contributed by atoms with Crippen molar-refractivity contribution in [1.82, 2.24) is 15.0 Å². The number of rotatable bonds is 6. The zero-order chi connectivity index (χ0) is 26.8. The average Bonchev–Trinajstić information content (AvgIpc) is 2.69. The molecule has 6 nitrogen and oxygen atoms in total. The van der Waals surface area contributed by atoms with Gasteiger partial charge in [-0.15, -0.1) is 0 Å². The van der Waals surface area contributed by atoms with Crippen LogP contribution in [0.15, 0.2) is 42.6 Å². The maximum Gasteiger partial charge on any atom is 0.416 e. The van der Waals surface area contributed by atoms with Crippen LogP contribution in [0.1, 0.15) is 65.2 Å². The molecule has 0 bridgehead atoms. The summed E-state index contributed by atoms with van der Waals surface area (Å²) >= 11 is 0. The Kier molecular flexibility index (Phi) is 8.38. The lowest BCUT2D eigenvalue weighted by Crippen LogP contribution is -2.60. The van der Waals surface area contributed by atoms with E-state index in [1.807, 2.05) is 0 Å². The molecule has 0 saturated heterocycles. The quantitative estimate of drug-likeness (QED) is 0.395. The number of amides is 1. The highest BCUT2D eigenvalue weighted by atomic mass is 32.2. The number of pyridine rings is 1. The van der Waals surface area contributed by atoms with Crippen LogP contribution in [0.2, 0.25) is 0 Å². The lowest BCUT2D eigenvalue weighted by atomic mass is 9.78. The van der Waals surface area contributed by atoms with Gasteiger partial charge in [0.1, 0.15) is 11.1 Å². The number of carbonyl (C=O) groups excluding carboxylic acids is 1. The molecule has 1 heterocycles. The van der Waals surface area contributed by atoms with E-state index in [1.165, 1.54) is 24.4 Å². The minimum absolute atomic E-state index is 0.200. The Balaban J connectivity index is 2.76. The molecule has 0 saturated carbocycles. The van der Waals surface area contributed by atoms with E-state index in [0.29, 0.717) is 0 Å². The molecular formula is C24H31F4N3O3S. The number of hydrogen-bond acceptors (Lipinski definition) is 4. The van der Waals surface area contributed by atoms with Crippen molar-refractivity contribution >= 4 is 17.1 Å². The van der Waals surface area contributed by atoms with Gasteiger partial charge in [0.2, 0.25) is 5.95 Å². The number of nitrogens with one attached hydrogen (secondary N) is 2. The van der Waals surface area contributed by atoms with Crippen LogP contribution >= 0.6 is 0 Å². The number of carbonyl (C=O) groups is 1. The summed E-state index contributed by atoms with van der Waals surface area (Å²) < 4.78 is 74.9. The van der Waals surface area contributed by atoms with Gasteiger partial charge in [-0.1, -0.05) is 12.1 Å². The number of benzene rings is 1. The summed E-state index contributed by atoms with van der Waals surface area (Å²) in [6, 6.07) is 5.73. The zero-order valence-corrected chi connectivity index (χ0v) is 21.5. The standard InChI is InChI=1S/C24H31F4N3O3S/c1-15(30-20(32)34-21(2,3)4)23(31-35(33)22(5,6)7,18-12-13-29-19(25)14-18)16-8-10-17(11-9-16)24(26,27)28/h8-15,31H,1-7H3,(H,30,32). The van der Waals surface area contributed by atoms with E-state index in [0.717, 1.165) is 18.2 Å². The highest BCUT2D eigenvalue weighted by Crippen LogP contribution is 2.37. The Hall–Kier alpha value is -2.53. The molecule has 2 N–H and O–H groups in total. The molecule has 1 amide bonds. The first kappa shape index (κ1) is 28.7. The summed E-state index contributed by atoms with van der Waals surface area (Å²) in [7, 11) is -1.80. The molecule has 194 valence electrons.